The van der Waals surface area contributed by atoms with Crippen molar-refractivity contribution >= 4 is 63.5 Å². The molecule has 5 nitrogen and oxygen atoms in total. The molecule has 8 heteroatoms. The summed E-state index contributed by atoms with van der Waals surface area (Å²) in [5.74, 6) is -0.216. The molecule has 1 aromatic heterocycles. The molecule has 2 aliphatic rings. The number of carbonyl (C=O) groups excluding carboxylic acids is 2. The zero-order chi connectivity index (χ0) is 18.3. The summed E-state index contributed by atoms with van der Waals surface area (Å²) < 4.78 is 0. The first-order valence-electron chi connectivity index (χ1n) is 8.34. The summed E-state index contributed by atoms with van der Waals surface area (Å²) in [4.78, 5) is 28.5. The molecule has 0 aliphatic carbocycles. The molecule has 0 radical (unpaired) electrons. The minimum atomic E-state index is -0.194. The maximum absolute atomic E-state index is 12.8. The molecular formula is C18H16ClN3O2S2. The molecule has 3 heterocycles. The van der Waals surface area contributed by atoms with E-state index in [1.165, 1.54) is 16.2 Å². The summed E-state index contributed by atoms with van der Waals surface area (Å²) in [5.41, 5.74) is 1.73. The molecule has 134 valence electrons. The van der Waals surface area contributed by atoms with Crippen molar-refractivity contribution in [2.75, 3.05) is 16.8 Å². The number of benzene rings is 1. The second kappa shape index (κ2) is 6.98. The molecule has 1 unspecified atom stereocenters. The Morgan fingerprint density at radius 3 is 2.85 bits per heavy atom. The number of hydrogen-bond donors (Lipinski definition) is 1. The maximum atomic E-state index is 12.8. The average molecular weight is 406 g/mol. The van der Waals surface area contributed by atoms with Gasteiger partial charge in [0.15, 0.2) is 5.11 Å². The summed E-state index contributed by atoms with van der Waals surface area (Å²) in [6, 6.07) is 6.69. The minimum absolute atomic E-state index is 0.0216. The average Bonchev–Trinajstić information content (AvgIpc) is 3.25. The van der Waals surface area contributed by atoms with Crippen LogP contribution in [0.25, 0.3) is 0 Å². The number of fused-ring (bicyclic) bond motifs is 1. The number of anilines is 2. The van der Waals surface area contributed by atoms with E-state index in [-0.39, 0.29) is 17.9 Å². The Morgan fingerprint density at radius 1 is 1.31 bits per heavy atom. The Balaban J connectivity index is 1.57. The Morgan fingerprint density at radius 2 is 2.15 bits per heavy atom. The molecule has 2 amide bonds. The van der Waals surface area contributed by atoms with E-state index < -0.39 is 0 Å². The van der Waals surface area contributed by atoms with Crippen LogP contribution in [0.5, 0.6) is 0 Å². The second-order valence-electron chi connectivity index (χ2n) is 6.29. The van der Waals surface area contributed by atoms with Crippen LogP contribution in [-0.2, 0) is 4.79 Å². The van der Waals surface area contributed by atoms with Crippen LogP contribution in [0, 0.1) is 0 Å². The van der Waals surface area contributed by atoms with Gasteiger partial charge < -0.3 is 10.2 Å². The minimum Gasteiger partial charge on any atom is -0.336 e. The van der Waals surface area contributed by atoms with E-state index in [4.69, 9.17) is 23.8 Å². The highest BCUT2D eigenvalue weighted by Gasteiger charge is 2.44. The smallest absolute Gasteiger partial charge is 0.256 e. The highest BCUT2D eigenvalue weighted by molar-refractivity contribution is 7.80. The molecule has 2 aromatic rings. The Bertz CT molecular complexity index is 861. The van der Waals surface area contributed by atoms with Gasteiger partial charge in [0.05, 0.1) is 16.3 Å². The molecule has 2 saturated heterocycles. The zero-order valence-electron chi connectivity index (χ0n) is 13.8. The van der Waals surface area contributed by atoms with Gasteiger partial charge in [0, 0.05) is 17.6 Å². The molecule has 0 bridgehead atoms. The highest BCUT2D eigenvalue weighted by atomic mass is 35.5. The first-order chi connectivity index (χ1) is 12.6. The number of hydrogen-bond acceptors (Lipinski definition) is 4. The number of nitrogens with one attached hydrogen (secondary N) is 1. The lowest BCUT2D eigenvalue weighted by Crippen LogP contribution is -2.38. The van der Waals surface area contributed by atoms with E-state index in [2.05, 4.69) is 5.32 Å². The lowest BCUT2D eigenvalue weighted by molar-refractivity contribution is -0.120. The first-order valence-corrected chi connectivity index (χ1v) is 10.1. The molecule has 4 rings (SSSR count). The predicted octanol–water partition coefficient (Wildman–Crippen LogP) is 4.14. The molecule has 1 aromatic carbocycles. The van der Waals surface area contributed by atoms with Gasteiger partial charge in [-0.1, -0.05) is 11.6 Å². The van der Waals surface area contributed by atoms with Gasteiger partial charge in [-0.2, -0.15) is 11.3 Å². The molecule has 0 saturated carbocycles. The lowest BCUT2D eigenvalue weighted by Gasteiger charge is -2.28. The zero-order valence-corrected chi connectivity index (χ0v) is 16.2. The van der Waals surface area contributed by atoms with E-state index in [1.807, 2.05) is 10.3 Å². The number of nitrogens with zero attached hydrogens (tertiary/aromatic N) is 2. The number of amides is 2. The number of piperidine rings is 1. The van der Waals surface area contributed by atoms with Gasteiger partial charge in [-0.3, -0.25) is 14.5 Å². The molecule has 1 atom stereocenters. The van der Waals surface area contributed by atoms with Crippen LogP contribution >= 0.6 is 35.2 Å². The van der Waals surface area contributed by atoms with Crippen LogP contribution in [0.4, 0.5) is 11.4 Å². The van der Waals surface area contributed by atoms with E-state index in [9.17, 15) is 9.59 Å². The summed E-state index contributed by atoms with van der Waals surface area (Å²) in [6.07, 6.45) is 2.89. The number of carbonyl (C=O) groups is 2. The number of thiophene rings is 1. The summed E-state index contributed by atoms with van der Waals surface area (Å²) in [5, 5.41) is 7.33. The van der Waals surface area contributed by atoms with Gasteiger partial charge in [-0.15, -0.1) is 0 Å². The third kappa shape index (κ3) is 3.00. The van der Waals surface area contributed by atoms with Crippen molar-refractivity contribution in [1.29, 1.82) is 0 Å². The summed E-state index contributed by atoms with van der Waals surface area (Å²) in [6.45, 7) is 0.804. The molecule has 2 aliphatic heterocycles. The van der Waals surface area contributed by atoms with E-state index >= 15 is 0 Å². The number of thiocarbonyl (C=S) groups is 1. The van der Waals surface area contributed by atoms with Crippen molar-refractivity contribution in [2.45, 2.75) is 25.3 Å². The van der Waals surface area contributed by atoms with Gasteiger partial charge in [0.25, 0.3) is 11.8 Å². The second-order valence-corrected chi connectivity index (χ2v) is 7.85. The van der Waals surface area contributed by atoms with Gasteiger partial charge in [0.1, 0.15) is 6.04 Å². The van der Waals surface area contributed by atoms with Crippen LogP contribution in [0.2, 0.25) is 5.02 Å². The van der Waals surface area contributed by atoms with E-state index in [0.29, 0.717) is 27.1 Å². The third-order valence-electron chi connectivity index (χ3n) is 4.68. The van der Waals surface area contributed by atoms with E-state index in [0.717, 1.165) is 25.8 Å². The topological polar surface area (TPSA) is 52.7 Å². The Hall–Kier alpha value is -1.96. The largest absolute Gasteiger partial charge is 0.336 e. The van der Waals surface area contributed by atoms with Crippen LogP contribution in [0.15, 0.2) is 35.0 Å². The van der Waals surface area contributed by atoms with Crippen molar-refractivity contribution in [3.8, 4) is 0 Å². The van der Waals surface area contributed by atoms with Gasteiger partial charge >= 0.3 is 0 Å². The van der Waals surface area contributed by atoms with Crippen molar-refractivity contribution in [2.24, 2.45) is 0 Å². The monoisotopic (exact) mass is 405 g/mol. The highest BCUT2D eigenvalue weighted by Crippen LogP contribution is 2.36. The Kier molecular flexibility index (Phi) is 4.69. The fourth-order valence-corrected chi connectivity index (χ4v) is 4.68. The fourth-order valence-electron chi connectivity index (χ4n) is 3.37. The first kappa shape index (κ1) is 17.5. The maximum Gasteiger partial charge on any atom is 0.256 e. The predicted molar refractivity (Wildman–Crippen MR) is 108 cm³/mol. The fraction of sp³-hybridized carbons (Fsp3) is 0.278. The van der Waals surface area contributed by atoms with E-state index in [1.54, 1.807) is 29.6 Å². The standard InChI is InChI=1S/C18H16ClN3O2S2/c19-13-9-12(20-16(23)11-6-8-26-10-11)4-5-14(13)22-17(24)15-3-1-2-7-21(15)18(22)25/h4-6,8-10,15H,1-3,7H2,(H,20,23). The molecule has 26 heavy (non-hydrogen) atoms. The third-order valence-corrected chi connectivity index (χ3v) is 6.08. The molecular weight excluding hydrogens is 390 g/mol. The van der Waals surface area contributed by atoms with Crippen LogP contribution in [-0.4, -0.2) is 34.4 Å². The Labute approximate surface area is 165 Å². The van der Waals surface area contributed by atoms with Crippen molar-refractivity contribution in [1.82, 2.24) is 4.90 Å². The van der Waals surface area contributed by atoms with Gasteiger partial charge in [-0.05, 0) is 61.1 Å². The molecule has 1 N–H and O–H groups in total. The van der Waals surface area contributed by atoms with Crippen LogP contribution in [0.3, 0.4) is 0 Å². The van der Waals surface area contributed by atoms with Crippen LogP contribution < -0.4 is 10.2 Å². The van der Waals surface area contributed by atoms with Crippen molar-refractivity contribution < 1.29 is 9.59 Å². The SMILES string of the molecule is O=C(Nc1ccc(N2C(=O)C3CCCCN3C2=S)c(Cl)c1)c1ccsc1. The van der Waals surface area contributed by atoms with Gasteiger partial charge in [-0.25, -0.2) is 0 Å². The summed E-state index contributed by atoms with van der Waals surface area (Å²) in [7, 11) is 0. The molecule has 2 fully saturated rings. The normalized spacial score (nSPS) is 19.7. The number of halogens is 1. The van der Waals surface area contributed by atoms with Gasteiger partial charge in [0.2, 0.25) is 0 Å². The quantitative estimate of drug-likeness (QED) is 0.780. The molecule has 0 spiro atoms. The van der Waals surface area contributed by atoms with Crippen molar-refractivity contribution in [3.05, 3.63) is 45.6 Å². The van der Waals surface area contributed by atoms with Crippen molar-refractivity contribution in [3.63, 3.8) is 0 Å². The summed E-state index contributed by atoms with van der Waals surface area (Å²) >= 11 is 13.4. The number of rotatable bonds is 3. The lowest BCUT2D eigenvalue weighted by atomic mass is 10.0. The van der Waals surface area contributed by atoms with Crippen LogP contribution in [0.1, 0.15) is 29.6 Å².